The van der Waals surface area contributed by atoms with Crippen LogP contribution in [0.4, 0.5) is 0 Å². The molecule has 1 rings (SSSR count). The van der Waals surface area contributed by atoms with Gasteiger partial charge in [0.25, 0.3) is 0 Å². The molecule has 0 fully saturated rings. The van der Waals surface area contributed by atoms with E-state index in [1.807, 2.05) is 0 Å². The van der Waals surface area contributed by atoms with Crippen LogP contribution in [0.3, 0.4) is 0 Å². The van der Waals surface area contributed by atoms with E-state index < -0.39 is 0 Å². The zero-order valence-corrected chi connectivity index (χ0v) is 3.02. The number of hydrogen-bond donors (Lipinski definition) is 0. The van der Waals surface area contributed by atoms with E-state index in [1.54, 1.807) is 0 Å². The molecule has 0 unspecified atom stereocenters. The van der Waals surface area contributed by atoms with E-state index >= 15 is 0 Å². The minimum Gasteiger partial charge on any atom is -0.265 e. The molecule has 0 spiro atoms. The van der Waals surface area contributed by atoms with E-state index in [1.165, 1.54) is 0 Å². The van der Waals surface area contributed by atoms with Gasteiger partial charge in [0.1, 0.15) is 0 Å². The Bertz CT molecular complexity index is 233. The Labute approximate surface area is 42.3 Å². The van der Waals surface area contributed by atoms with Gasteiger partial charge < -0.3 is 0 Å². The van der Waals surface area contributed by atoms with Crippen LogP contribution in [-0.2, 0) is 0 Å². The van der Waals surface area contributed by atoms with Crippen molar-refractivity contribution in [2.75, 3.05) is 0 Å². The van der Waals surface area contributed by atoms with Crippen molar-refractivity contribution in [1.29, 1.82) is 0 Å². The molecule has 0 bridgehead atoms. The van der Waals surface area contributed by atoms with Gasteiger partial charge in [-0.15, -0.1) is 0 Å². The van der Waals surface area contributed by atoms with Crippen LogP contribution in [0.15, 0.2) is 30.5 Å². The summed E-state index contributed by atoms with van der Waals surface area (Å²) < 4.78 is 28.0. The van der Waals surface area contributed by atoms with Crippen LogP contribution >= 0.6 is 0 Å². The number of nitrogens with zero attached hydrogens (tertiary/aromatic N) is 1. The fraction of sp³-hybridized carbons (Fsp3) is 0. The predicted molar refractivity (Wildman–Crippen MR) is 24.2 cm³/mol. The monoisotopic (exact) mass is 83.1 g/mol. The van der Waals surface area contributed by atoms with Crippen molar-refractivity contribution in [3.05, 3.63) is 30.5 Å². The van der Waals surface area contributed by atoms with Crippen molar-refractivity contribution >= 4 is 0 Å². The van der Waals surface area contributed by atoms with Gasteiger partial charge in [0, 0.05) is 12.4 Å². The summed E-state index contributed by atoms with van der Waals surface area (Å²) in [7, 11) is 0. The van der Waals surface area contributed by atoms with Crippen LogP contribution in [0.25, 0.3) is 0 Å². The van der Waals surface area contributed by atoms with Gasteiger partial charge in [0.05, 0.1) is 5.48 Å². The molecule has 0 radical (unpaired) electrons. The van der Waals surface area contributed by atoms with Crippen molar-refractivity contribution in [3.8, 4) is 0 Å². The summed E-state index contributed by atoms with van der Waals surface area (Å²) in [5.74, 6) is 0. The highest BCUT2D eigenvalue weighted by Gasteiger charge is 1.58. The quantitative estimate of drug-likeness (QED) is 0.457. The van der Waals surface area contributed by atoms with Crippen LogP contribution in [0.5, 0.6) is 0 Å². The first-order valence-electron chi connectivity index (χ1n) is 3.52. The van der Waals surface area contributed by atoms with Crippen molar-refractivity contribution in [2.45, 2.75) is 0 Å². The fourth-order valence-electron chi connectivity index (χ4n) is 0.193. The standard InChI is InChI=1S/C5H5N/c1-2-4-6-5-3-1/h1-5H/i1D,2D,3D,4D. The molecule has 0 amide bonds. The summed E-state index contributed by atoms with van der Waals surface area (Å²) in [5.41, 5.74) is 0. The highest BCUT2D eigenvalue weighted by atomic mass is 14.6. The second-order valence-corrected chi connectivity index (χ2v) is 0.764. The summed E-state index contributed by atoms with van der Waals surface area (Å²) in [4.78, 5) is 3.41. The van der Waals surface area contributed by atoms with Gasteiger partial charge in [-0.25, -0.2) is 0 Å². The lowest BCUT2D eigenvalue weighted by Gasteiger charge is -1.70. The third kappa shape index (κ3) is 0.549. The summed E-state index contributed by atoms with van der Waals surface area (Å²) in [5, 5.41) is 0. The first-order chi connectivity index (χ1) is 4.63. The number of hydrogen-bond acceptors (Lipinski definition) is 1. The van der Waals surface area contributed by atoms with Crippen LogP contribution < -0.4 is 0 Å². The first kappa shape index (κ1) is 1.06. The average molecular weight is 83.1 g/mol. The molecule has 0 aliphatic heterocycles. The maximum Gasteiger partial charge on any atom is 0.0840 e. The second-order valence-electron chi connectivity index (χ2n) is 0.764. The Hall–Kier alpha value is -0.850. The van der Waals surface area contributed by atoms with Crippen molar-refractivity contribution < 1.29 is 5.48 Å². The lowest BCUT2D eigenvalue weighted by atomic mass is 10.5. The third-order valence-electron chi connectivity index (χ3n) is 0.384. The summed E-state index contributed by atoms with van der Waals surface area (Å²) >= 11 is 0. The second kappa shape index (κ2) is 1.55. The molecule has 1 heteroatoms. The fourth-order valence-corrected chi connectivity index (χ4v) is 0.193. The largest absolute Gasteiger partial charge is 0.265 e. The molecule has 0 aliphatic rings. The molecule has 0 N–H and O–H groups in total. The number of rotatable bonds is 0. The number of pyridine rings is 1. The van der Waals surface area contributed by atoms with E-state index in [2.05, 4.69) is 4.98 Å². The summed E-state index contributed by atoms with van der Waals surface area (Å²) in [6, 6.07) is -0.631. The Morgan fingerprint density at radius 3 is 3.17 bits per heavy atom. The maximum atomic E-state index is 7.05. The lowest BCUT2D eigenvalue weighted by Crippen LogP contribution is -1.58. The predicted octanol–water partition coefficient (Wildman–Crippen LogP) is 1.08. The van der Waals surface area contributed by atoms with Gasteiger partial charge in [0.15, 0.2) is 0 Å². The van der Waals surface area contributed by atoms with Crippen molar-refractivity contribution in [2.24, 2.45) is 0 Å². The van der Waals surface area contributed by atoms with Crippen molar-refractivity contribution in [3.63, 3.8) is 0 Å². The Morgan fingerprint density at radius 1 is 1.33 bits per heavy atom. The Balaban J connectivity index is 3.34. The van der Waals surface area contributed by atoms with Gasteiger partial charge in [-0.3, -0.25) is 4.98 Å². The normalized spacial score (nSPS) is 17.3. The SMILES string of the molecule is [2H]c1cnc([2H])c([2H])c1[2H]. The molecule has 1 heterocycles. The smallest absolute Gasteiger partial charge is 0.0840 e. The first-order valence-corrected chi connectivity index (χ1v) is 1.52. The molecule has 0 aromatic carbocycles. The van der Waals surface area contributed by atoms with Crippen LogP contribution in [-0.4, -0.2) is 4.98 Å². The Kier molecular flexibility index (Phi) is 0.274. The van der Waals surface area contributed by atoms with E-state index in [0.717, 1.165) is 6.20 Å². The van der Waals surface area contributed by atoms with Gasteiger partial charge in [-0.1, -0.05) is 6.04 Å². The molecule has 0 saturated heterocycles. The molecule has 0 aliphatic carbocycles. The lowest BCUT2D eigenvalue weighted by molar-refractivity contribution is 1.33. The van der Waals surface area contributed by atoms with Gasteiger partial charge >= 0.3 is 0 Å². The van der Waals surface area contributed by atoms with E-state index in [0.29, 0.717) is 0 Å². The molecular weight excluding hydrogens is 74.1 g/mol. The molecule has 0 saturated carbocycles. The molecule has 1 nitrogen and oxygen atoms in total. The molecular formula is C5H5N. The summed E-state index contributed by atoms with van der Waals surface area (Å²) in [6.07, 6.45) is 0.851. The molecule has 30 valence electrons. The molecule has 1 aromatic heterocycles. The van der Waals surface area contributed by atoms with Crippen molar-refractivity contribution in [1.82, 2.24) is 4.98 Å². The number of aromatic nitrogens is 1. The minimum absolute atomic E-state index is 0.110. The Morgan fingerprint density at radius 2 is 2.33 bits per heavy atom. The maximum absolute atomic E-state index is 7.05. The van der Waals surface area contributed by atoms with Crippen LogP contribution in [0.1, 0.15) is 5.48 Å². The van der Waals surface area contributed by atoms with E-state index in [9.17, 15) is 0 Å². The molecule has 0 atom stereocenters. The zero-order valence-electron chi connectivity index (χ0n) is 7.02. The van der Waals surface area contributed by atoms with Gasteiger partial charge in [0.2, 0.25) is 0 Å². The van der Waals surface area contributed by atoms with Crippen LogP contribution in [0.2, 0.25) is 0 Å². The third-order valence-corrected chi connectivity index (χ3v) is 0.384. The van der Waals surface area contributed by atoms with Crippen LogP contribution in [0, 0.1) is 0 Å². The topological polar surface area (TPSA) is 12.9 Å². The average Bonchev–Trinajstić information content (AvgIpc) is 1.93. The summed E-state index contributed by atoms with van der Waals surface area (Å²) in [6.45, 7) is 0. The van der Waals surface area contributed by atoms with Gasteiger partial charge in [-0.05, 0) is 12.1 Å². The van der Waals surface area contributed by atoms with E-state index in [4.69, 9.17) is 5.48 Å². The molecule has 1 aromatic rings. The molecule has 6 heavy (non-hydrogen) atoms. The van der Waals surface area contributed by atoms with Gasteiger partial charge in [-0.2, -0.15) is 0 Å². The van der Waals surface area contributed by atoms with E-state index in [-0.39, 0.29) is 24.3 Å². The highest BCUT2D eigenvalue weighted by molar-refractivity contribution is 4.88. The zero-order chi connectivity index (χ0) is 7.72. The highest BCUT2D eigenvalue weighted by Crippen LogP contribution is 1.73. The minimum atomic E-state index is -0.285.